The minimum atomic E-state index is 0.752. The number of nitrogens with one attached hydrogen (secondary N) is 1. The van der Waals surface area contributed by atoms with Crippen molar-refractivity contribution in [3.63, 3.8) is 0 Å². The van der Waals surface area contributed by atoms with Gasteiger partial charge in [0.1, 0.15) is 0 Å². The van der Waals surface area contributed by atoms with Crippen LogP contribution in [-0.4, -0.2) is 6.54 Å². The molecule has 0 fully saturated rings. The van der Waals surface area contributed by atoms with Gasteiger partial charge >= 0.3 is 0 Å². The zero-order valence-electron chi connectivity index (χ0n) is 7.39. The second kappa shape index (κ2) is 5.50. The van der Waals surface area contributed by atoms with Crippen molar-refractivity contribution in [3.05, 3.63) is 29.3 Å². The topological polar surface area (TPSA) is 12.0 Å². The molecule has 0 aliphatic heterocycles. The number of unbranched alkanes of at least 4 members (excludes halogenated alkanes) is 1. The molecule has 1 aromatic rings. The van der Waals surface area contributed by atoms with Gasteiger partial charge in [0.2, 0.25) is 0 Å². The zero-order valence-corrected chi connectivity index (χ0v) is 8.14. The third-order valence-electron chi connectivity index (χ3n) is 1.65. The van der Waals surface area contributed by atoms with Crippen LogP contribution in [0.15, 0.2) is 24.3 Å². The van der Waals surface area contributed by atoms with Crippen molar-refractivity contribution in [1.29, 1.82) is 0 Å². The zero-order chi connectivity index (χ0) is 9.52. The Balaban J connectivity index is 2.33. The molecule has 2 heteroatoms. The van der Waals surface area contributed by atoms with Gasteiger partial charge in [-0.05, 0) is 24.6 Å². The molecule has 0 saturated carbocycles. The summed E-state index contributed by atoms with van der Waals surface area (Å²) in [6, 6.07) is 7.67. The Labute approximate surface area is 84.1 Å². The molecule has 1 nitrogen and oxygen atoms in total. The average Bonchev–Trinajstić information content (AvgIpc) is 2.13. The summed E-state index contributed by atoms with van der Waals surface area (Å²) in [7, 11) is 0. The maximum absolute atomic E-state index is 5.81. The highest BCUT2D eigenvalue weighted by Crippen LogP contribution is 2.14. The van der Waals surface area contributed by atoms with Crippen molar-refractivity contribution >= 4 is 17.3 Å². The molecule has 0 saturated heterocycles. The minimum Gasteiger partial charge on any atom is -0.385 e. The molecule has 0 unspecified atom stereocenters. The monoisotopic (exact) mass is 193 g/mol. The molecule has 0 amide bonds. The summed E-state index contributed by atoms with van der Waals surface area (Å²) in [5, 5.41) is 3.99. The van der Waals surface area contributed by atoms with Gasteiger partial charge < -0.3 is 5.32 Å². The van der Waals surface area contributed by atoms with Gasteiger partial charge in [0.25, 0.3) is 0 Å². The van der Waals surface area contributed by atoms with E-state index >= 15 is 0 Å². The summed E-state index contributed by atoms with van der Waals surface area (Å²) in [4.78, 5) is 0. The number of rotatable bonds is 4. The Morgan fingerprint density at radius 2 is 2.31 bits per heavy atom. The number of anilines is 1. The third kappa shape index (κ3) is 3.87. The van der Waals surface area contributed by atoms with Crippen LogP contribution in [-0.2, 0) is 0 Å². The van der Waals surface area contributed by atoms with Gasteiger partial charge in [0.15, 0.2) is 0 Å². The van der Waals surface area contributed by atoms with Gasteiger partial charge in [-0.1, -0.05) is 17.7 Å². The van der Waals surface area contributed by atoms with E-state index in [0.717, 1.165) is 30.1 Å². The smallest absolute Gasteiger partial charge is 0.0426 e. The van der Waals surface area contributed by atoms with Crippen LogP contribution in [0.2, 0.25) is 5.02 Å². The normalized spacial score (nSPS) is 9.23. The van der Waals surface area contributed by atoms with Crippen LogP contribution < -0.4 is 5.32 Å². The van der Waals surface area contributed by atoms with Crippen LogP contribution >= 0.6 is 11.6 Å². The predicted molar refractivity (Wildman–Crippen MR) is 58.0 cm³/mol. The molecule has 0 atom stereocenters. The molecule has 1 aromatic carbocycles. The fraction of sp³-hybridized carbons (Fsp3) is 0.273. The van der Waals surface area contributed by atoms with Crippen LogP contribution in [0.4, 0.5) is 5.69 Å². The minimum absolute atomic E-state index is 0.752. The lowest BCUT2D eigenvalue weighted by Gasteiger charge is -2.04. The first-order valence-electron chi connectivity index (χ1n) is 4.26. The van der Waals surface area contributed by atoms with E-state index in [0.29, 0.717) is 0 Å². The molecule has 0 spiro atoms. The molecular weight excluding hydrogens is 182 g/mol. The van der Waals surface area contributed by atoms with E-state index in [1.54, 1.807) is 0 Å². The molecule has 0 heterocycles. The van der Waals surface area contributed by atoms with Crippen molar-refractivity contribution in [2.45, 2.75) is 12.8 Å². The van der Waals surface area contributed by atoms with E-state index in [2.05, 4.69) is 11.2 Å². The predicted octanol–water partition coefficient (Wildman–Crippen LogP) is 3.17. The molecule has 0 aromatic heterocycles. The van der Waals surface area contributed by atoms with Crippen LogP contribution in [0.25, 0.3) is 0 Å². The molecule has 1 rings (SSSR count). The first-order chi connectivity index (χ1) is 6.33. The van der Waals surface area contributed by atoms with E-state index in [9.17, 15) is 0 Å². The fourth-order valence-corrected chi connectivity index (χ4v) is 1.21. The fourth-order valence-electron chi connectivity index (χ4n) is 1.02. The van der Waals surface area contributed by atoms with Crippen LogP contribution in [0.3, 0.4) is 0 Å². The molecular formula is C11H12ClN. The summed E-state index contributed by atoms with van der Waals surface area (Å²) < 4.78 is 0. The van der Waals surface area contributed by atoms with Gasteiger partial charge in [0, 0.05) is 23.7 Å². The van der Waals surface area contributed by atoms with E-state index in [-0.39, 0.29) is 0 Å². The maximum Gasteiger partial charge on any atom is 0.0426 e. The summed E-state index contributed by atoms with van der Waals surface area (Å²) >= 11 is 5.81. The summed E-state index contributed by atoms with van der Waals surface area (Å²) in [5.41, 5.74) is 1.05. The summed E-state index contributed by atoms with van der Waals surface area (Å²) in [5.74, 6) is 2.60. The Morgan fingerprint density at radius 1 is 1.46 bits per heavy atom. The first-order valence-corrected chi connectivity index (χ1v) is 4.63. The summed E-state index contributed by atoms with van der Waals surface area (Å²) in [6.07, 6.45) is 6.94. The number of hydrogen-bond donors (Lipinski definition) is 1. The van der Waals surface area contributed by atoms with Gasteiger partial charge in [-0.3, -0.25) is 0 Å². The highest BCUT2D eigenvalue weighted by atomic mass is 35.5. The Morgan fingerprint density at radius 3 is 3.00 bits per heavy atom. The third-order valence-corrected chi connectivity index (χ3v) is 1.89. The Hall–Kier alpha value is -1.13. The standard InChI is InChI=1S/C11H12ClN/c1-2-3-4-8-13-11-7-5-6-10(12)9-11/h1,5-7,9,13H,3-4,8H2. The Kier molecular flexibility index (Phi) is 4.21. The average molecular weight is 194 g/mol. The van der Waals surface area contributed by atoms with Crippen molar-refractivity contribution in [2.75, 3.05) is 11.9 Å². The van der Waals surface area contributed by atoms with Crippen LogP contribution in [0.5, 0.6) is 0 Å². The molecule has 13 heavy (non-hydrogen) atoms. The van der Waals surface area contributed by atoms with Gasteiger partial charge in [-0.15, -0.1) is 12.3 Å². The van der Waals surface area contributed by atoms with E-state index in [1.807, 2.05) is 24.3 Å². The quantitative estimate of drug-likeness (QED) is 0.572. The SMILES string of the molecule is C#CCCCNc1cccc(Cl)c1. The van der Waals surface area contributed by atoms with Crippen molar-refractivity contribution in [2.24, 2.45) is 0 Å². The van der Waals surface area contributed by atoms with Crippen molar-refractivity contribution < 1.29 is 0 Å². The molecule has 0 aliphatic carbocycles. The lowest BCUT2D eigenvalue weighted by atomic mass is 10.3. The number of halogens is 1. The first kappa shape index (κ1) is 9.95. The summed E-state index contributed by atoms with van der Waals surface area (Å²) in [6.45, 7) is 0.893. The number of benzene rings is 1. The van der Waals surface area contributed by atoms with E-state index < -0.39 is 0 Å². The number of hydrogen-bond acceptors (Lipinski definition) is 1. The highest BCUT2D eigenvalue weighted by Gasteiger charge is 1.91. The lowest BCUT2D eigenvalue weighted by molar-refractivity contribution is 0.907. The van der Waals surface area contributed by atoms with Gasteiger partial charge in [-0.25, -0.2) is 0 Å². The van der Waals surface area contributed by atoms with Crippen LogP contribution in [0.1, 0.15) is 12.8 Å². The van der Waals surface area contributed by atoms with Gasteiger partial charge in [0.05, 0.1) is 0 Å². The molecule has 68 valence electrons. The molecule has 0 aliphatic rings. The molecule has 0 bridgehead atoms. The molecule has 0 radical (unpaired) electrons. The highest BCUT2D eigenvalue weighted by molar-refractivity contribution is 6.30. The van der Waals surface area contributed by atoms with Crippen LogP contribution in [0, 0.1) is 12.3 Å². The lowest BCUT2D eigenvalue weighted by Crippen LogP contribution is -2.00. The largest absolute Gasteiger partial charge is 0.385 e. The Bertz CT molecular complexity index is 301. The second-order valence-corrected chi connectivity index (χ2v) is 3.18. The second-order valence-electron chi connectivity index (χ2n) is 2.74. The maximum atomic E-state index is 5.81. The van der Waals surface area contributed by atoms with E-state index in [1.165, 1.54) is 0 Å². The number of terminal acetylenes is 1. The van der Waals surface area contributed by atoms with Gasteiger partial charge in [-0.2, -0.15) is 0 Å². The van der Waals surface area contributed by atoms with Crippen molar-refractivity contribution in [1.82, 2.24) is 0 Å². The van der Waals surface area contributed by atoms with E-state index in [4.69, 9.17) is 18.0 Å². The van der Waals surface area contributed by atoms with Crippen molar-refractivity contribution in [3.8, 4) is 12.3 Å². The molecule has 1 N–H and O–H groups in total.